The molecule has 0 amide bonds. The summed E-state index contributed by atoms with van der Waals surface area (Å²) in [6.45, 7) is 0. The second-order valence-electron chi connectivity index (χ2n) is 2.30. The van der Waals surface area contributed by atoms with Crippen molar-refractivity contribution >= 4 is 27.4 Å². The zero-order valence-electron chi connectivity index (χ0n) is 6.70. The molecule has 5 heteroatoms. The Hall–Kier alpha value is -1.32. The predicted molar refractivity (Wildman–Crippen MR) is 51.5 cm³/mol. The van der Waals surface area contributed by atoms with E-state index in [1.165, 1.54) is 0 Å². The van der Waals surface area contributed by atoms with E-state index in [0.717, 1.165) is 0 Å². The van der Waals surface area contributed by atoms with Gasteiger partial charge < -0.3 is 0 Å². The van der Waals surface area contributed by atoms with Crippen LogP contribution in [0.1, 0.15) is 10.4 Å². The summed E-state index contributed by atoms with van der Waals surface area (Å²) >= 11 is 3.08. The Kier molecular flexibility index (Phi) is 3.49. The van der Waals surface area contributed by atoms with E-state index in [-0.39, 0.29) is 5.78 Å². The number of hydrogen-bond acceptors (Lipinski definition) is 3. The number of alkyl halides is 1. The molecule has 0 unspecified atom stereocenters. The Balaban J connectivity index is 2.93. The molecule has 0 aliphatic heterocycles. The second-order valence-corrected chi connectivity index (χ2v) is 2.86. The molecule has 0 bridgehead atoms. The van der Waals surface area contributed by atoms with Gasteiger partial charge in [-0.15, -0.1) is 0 Å². The number of ketones is 1. The van der Waals surface area contributed by atoms with Crippen molar-refractivity contribution in [3.05, 3.63) is 29.8 Å². The van der Waals surface area contributed by atoms with Crippen molar-refractivity contribution < 1.29 is 4.79 Å². The van der Waals surface area contributed by atoms with Gasteiger partial charge in [-0.2, -0.15) is 0 Å². The number of nitrogens with one attached hydrogen (secondary N) is 1. The molecule has 1 aromatic rings. The van der Waals surface area contributed by atoms with Crippen molar-refractivity contribution in [1.82, 2.24) is 4.91 Å². The van der Waals surface area contributed by atoms with Crippen molar-refractivity contribution in [2.24, 2.45) is 5.11 Å². The van der Waals surface area contributed by atoms with Gasteiger partial charge in [0.25, 0.3) is 0 Å². The molecular formula is C8H7BrN3O+. The Morgan fingerprint density at radius 2 is 2.08 bits per heavy atom. The molecule has 4 nitrogen and oxygen atoms in total. The summed E-state index contributed by atoms with van der Waals surface area (Å²) < 4.78 is 0. The van der Waals surface area contributed by atoms with Gasteiger partial charge in [0, 0.05) is 5.56 Å². The minimum absolute atomic E-state index is 0.0226. The first-order chi connectivity index (χ1) is 6.27. The van der Waals surface area contributed by atoms with E-state index in [4.69, 9.17) is 5.53 Å². The minimum Gasteiger partial charge on any atom is -0.293 e. The van der Waals surface area contributed by atoms with Crippen LogP contribution in [-0.2, 0) is 0 Å². The van der Waals surface area contributed by atoms with Gasteiger partial charge in [-0.3, -0.25) is 4.79 Å². The van der Waals surface area contributed by atoms with Crippen molar-refractivity contribution in [3.63, 3.8) is 0 Å². The highest BCUT2D eigenvalue weighted by Gasteiger charge is 2.03. The largest absolute Gasteiger partial charge is 0.293 e. The maximum Gasteiger partial charge on any atom is 0.220 e. The van der Waals surface area contributed by atoms with Crippen LogP contribution in [0.5, 0.6) is 0 Å². The number of benzene rings is 1. The number of halogens is 1. The third-order valence-corrected chi connectivity index (χ3v) is 1.99. The summed E-state index contributed by atoms with van der Waals surface area (Å²) in [6.07, 6.45) is 0. The van der Waals surface area contributed by atoms with Gasteiger partial charge in [0.1, 0.15) is 5.53 Å². The van der Waals surface area contributed by atoms with Crippen molar-refractivity contribution in [3.8, 4) is 0 Å². The molecule has 1 N–H and O–H groups in total. The first-order valence-corrected chi connectivity index (χ1v) is 4.66. The van der Waals surface area contributed by atoms with Gasteiger partial charge in [-0.1, -0.05) is 15.9 Å². The molecule has 0 radical (unpaired) electrons. The van der Waals surface area contributed by atoms with E-state index in [0.29, 0.717) is 16.6 Å². The lowest BCUT2D eigenvalue weighted by molar-refractivity contribution is 0.102. The van der Waals surface area contributed by atoms with Crippen LogP contribution in [0.3, 0.4) is 0 Å². The van der Waals surface area contributed by atoms with Crippen molar-refractivity contribution in [2.75, 3.05) is 5.33 Å². The molecule has 0 aromatic heterocycles. The zero-order chi connectivity index (χ0) is 9.68. The molecule has 1 aromatic carbocycles. The summed E-state index contributed by atoms with van der Waals surface area (Å²) in [4.78, 5) is 14.0. The van der Waals surface area contributed by atoms with Crippen LogP contribution in [0, 0.1) is 5.53 Å². The van der Waals surface area contributed by atoms with E-state index in [1.807, 2.05) is 0 Å². The molecule has 0 heterocycles. The number of carbonyl (C=O) groups excluding carboxylic acids is 1. The van der Waals surface area contributed by atoms with Crippen molar-refractivity contribution in [1.29, 1.82) is 5.53 Å². The lowest BCUT2D eigenvalue weighted by Crippen LogP contribution is -1.98. The number of Topliss-reactive ketones (excluding diaryl/α,β-unsaturated/α-hetero) is 1. The minimum atomic E-state index is 0.0226. The Labute approximate surface area is 83.3 Å². The smallest absolute Gasteiger partial charge is 0.220 e. The van der Waals surface area contributed by atoms with Crippen LogP contribution in [0.4, 0.5) is 5.69 Å². The molecule has 0 atom stereocenters. The summed E-state index contributed by atoms with van der Waals surface area (Å²) in [6, 6.07) is 6.61. The average Bonchev–Trinajstić information content (AvgIpc) is 2.18. The summed E-state index contributed by atoms with van der Waals surface area (Å²) in [5.74, 6) is 0.0226. The normalized spacial score (nSPS) is 9.00. The average molecular weight is 241 g/mol. The lowest BCUT2D eigenvalue weighted by Gasteiger charge is -1.94. The van der Waals surface area contributed by atoms with E-state index in [9.17, 15) is 4.79 Å². The van der Waals surface area contributed by atoms with E-state index >= 15 is 0 Å². The SMILES string of the molecule is N=[N+]=Nc1ccc(C(=O)CBr)cc1. The maximum absolute atomic E-state index is 11.1. The van der Waals surface area contributed by atoms with Gasteiger partial charge in [0.2, 0.25) is 4.91 Å². The third kappa shape index (κ3) is 2.57. The molecule has 0 aliphatic carbocycles. The highest BCUT2D eigenvalue weighted by molar-refractivity contribution is 9.09. The fraction of sp³-hybridized carbons (Fsp3) is 0.125. The van der Waals surface area contributed by atoms with Gasteiger partial charge in [-0.25, -0.2) is 0 Å². The first-order valence-electron chi connectivity index (χ1n) is 3.54. The van der Waals surface area contributed by atoms with Gasteiger partial charge in [0.15, 0.2) is 16.6 Å². The standard InChI is InChI=1S/C8H7BrN3O/c9-5-8(13)6-1-3-7(4-2-6)11-12-10/h1-4,10H,5H2/q+1. The lowest BCUT2D eigenvalue weighted by atomic mass is 10.1. The fourth-order valence-corrected chi connectivity index (χ4v) is 1.17. The molecule has 13 heavy (non-hydrogen) atoms. The predicted octanol–water partition coefficient (Wildman–Crippen LogP) is 2.45. The monoisotopic (exact) mass is 240 g/mol. The molecule has 66 valence electrons. The van der Waals surface area contributed by atoms with Crippen molar-refractivity contribution in [2.45, 2.75) is 0 Å². The molecule has 0 saturated carbocycles. The molecule has 0 fully saturated rings. The van der Waals surface area contributed by atoms with E-state index in [2.05, 4.69) is 26.0 Å². The molecule has 0 spiro atoms. The van der Waals surface area contributed by atoms with E-state index in [1.54, 1.807) is 24.3 Å². The Morgan fingerprint density at radius 3 is 2.54 bits per heavy atom. The maximum atomic E-state index is 11.1. The summed E-state index contributed by atoms with van der Waals surface area (Å²) in [5, 5.41) is 3.81. The van der Waals surface area contributed by atoms with Crippen LogP contribution in [-0.4, -0.2) is 11.1 Å². The zero-order valence-corrected chi connectivity index (χ0v) is 8.28. The number of nitrogens with zero attached hydrogens (tertiary/aromatic N) is 2. The van der Waals surface area contributed by atoms with Crippen LogP contribution in [0.15, 0.2) is 29.4 Å². The van der Waals surface area contributed by atoms with Crippen LogP contribution in [0.2, 0.25) is 0 Å². The number of carbonyl (C=O) groups is 1. The Bertz CT molecular complexity index is 354. The fourth-order valence-electron chi connectivity index (χ4n) is 0.849. The van der Waals surface area contributed by atoms with Gasteiger partial charge in [0.05, 0.1) is 5.33 Å². The summed E-state index contributed by atoms with van der Waals surface area (Å²) in [7, 11) is 0. The topological polar surface area (TPSA) is 67.4 Å². The van der Waals surface area contributed by atoms with Gasteiger partial charge in [-0.05, 0) is 24.3 Å². The number of rotatable bonds is 3. The van der Waals surface area contributed by atoms with E-state index < -0.39 is 0 Å². The van der Waals surface area contributed by atoms with Crippen LogP contribution >= 0.6 is 15.9 Å². The molecular weight excluding hydrogens is 234 g/mol. The first kappa shape index (κ1) is 9.77. The molecule has 0 saturated heterocycles. The molecule has 0 aliphatic rings. The highest BCUT2D eigenvalue weighted by Crippen LogP contribution is 2.12. The third-order valence-electron chi connectivity index (χ3n) is 1.48. The quantitative estimate of drug-likeness (QED) is 0.375. The molecule has 1 rings (SSSR count). The second kappa shape index (κ2) is 4.64. The highest BCUT2D eigenvalue weighted by atomic mass is 79.9. The summed E-state index contributed by atoms with van der Waals surface area (Å²) in [5.41, 5.74) is 7.69. The Morgan fingerprint density at radius 1 is 1.46 bits per heavy atom. The van der Waals surface area contributed by atoms with Gasteiger partial charge >= 0.3 is 0 Å². The number of hydrogen-bond donors (Lipinski definition) is 1. The van der Waals surface area contributed by atoms with Crippen LogP contribution < -0.4 is 4.91 Å². The van der Waals surface area contributed by atoms with Crippen LogP contribution in [0.25, 0.3) is 0 Å².